The van der Waals surface area contributed by atoms with Gasteiger partial charge in [0.05, 0.1) is 0 Å². The molecular formula is C15H20N2O2. The first-order valence-corrected chi connectivity index (χ1v) is 6.48. The summed E-state index contributed by atoms with van der Waals surface area (Å²) >= 11 is 0. The van der Waals surface area contributed by atoms with Gasteiger partial charge < -0.3 is 15.4 Å². The number of amides is 1. The average molecular weight is 260 g/mol. The van der Waals surface area contributed by atoms with Gasteiger partial charge in [0.2, 0.25) is 0 Å². The third kappa shape index (κ3) is 3.35. The number of fused-ring (bicyclic) bond motifs is 1. The number of aromatic nitrogens is 1. The van der Waals surface area contributed by atoms with Gasteiger partial charge in [0.15, 0.2) is 0 Å². The van der Waals surface area contributed by atoms with E-state index in [9.17, 15) is 4.79 Å². The Morgan fingerprint density at radius 1 is 1.37 bits per heavy atom. The number of rotatable bonds is 5. The normalized spacial score (nSPS) is 11.7. The second-order valence-electron chi connectivity index (χ2n) is 5.60. The summed E-state index contributed by atoms with van der Waals surface area (Å²) in [5.41, 5.74) is 1.51. The second kappa shape index (κ2) is 5.45. The predicted octanol–water partition coefficient (Wildman–Crippen LogP) is 2.31. The van der Waals surface area contributed by atoms with E-state index in [1.165, 1.54) is 0 Å². The maximum absolute atomic E-state index is 12.1. The number of hydrogen-bond acceptors (Lipinski definition) is 2. The van der Waals surface area contributed by atoms with Crippen LogP contribution in [0.5, 0.6) is 0 Å². The summed E-state index contributed by atoms with van der Waals surface area (Å²) in [6, 6.07) is 7.58. The van der Waals surface area contributed by atoms with Crippen molar-refractivity contribution in [2.45, 2.75) is 20.3 Å². The van der Waals surface area contributed by atoms with Crippen molar-refractivity contribution in [2.75, 3.05) is 13.2 Å². The molecule has 0 spiro atoms. The lowest BCUT2D eigenvalue weighted by molar-refractivity contribution is 0.0928. The van der Waals surface area contributed by atoms with Crippen LogP contribution in [0.3, 0.4) is 0 Å². The SMILES string of the molecule is CC(C)(CCO)CNC(=O)c1ccc2cc[nH]c2c1. The van der Waals surface area contributed by atoms with Crippen LogP contribution < -0.4 is 5.32 Å². The highest BCUT2D eigenvalue weighted by Crippen LogP contribution is 2.19. The molecule has 2 rings (SSSR count). The van der Waals surface area contributed by atoms with E-state index in [4.69, 9.17) is 5.11 Å². The number of hydrogen-bond donors (Lipinski definition) is 3. The van der Waals surface area contributed by atoms with Crippen molar-refractivity contribution in [3.63, 3.8) is 0 Å². The number of H-pyrrole nitrogens is 1. The molecule has 1 aromatic carbocycles. The Bertz CT molecular complexity index is 572. The van der Waals surface area contributed by atoms with Crippen LogP contribution in [0.2, 0.25) is 0 Å². The Kier molecular flexibility index (Phi) is 3.90. The standard InChI is InChI=1S/C15H20N2O2/c1-15(2,6-8-18)10-17-14(19)12-4-3-11-5-7-16-13(11)9-12/h3-5,7,9,16,18H,6,8,10H2,1-2H3,(H,17,19). The van der Waals surface area contributed by atoms with Gasteiger partial charge in [-0.15, -0.1) is 0 Å². The lowest BCUT2D eigenvalue weighted by atomic mass is 9.89. The number of aliphatic hydroxyl groups excluding tert-OH is 1. The monoisotopic (exact) mass is 260 g/mol. The summed E-state index contributed by atoms with van der Waals surface area (Å²) in [7, 11) is 0. The number of benzene rings is 1. The van der Waals surface area contributed by atoms with Gasteiger partial charge in [0.25, 0.3) is 5.91 Å². The quantitative estimate of drug-likeness (QED) is 0.772. The first-order chi connectivity index (χ1) is 9.02. The van der Waals surface area contributed by atoms with E-state index < -0.39 is 0 Å². The fourth-order valence-corrected chi connectivity index (χ4v) is 2.00. The van der Waals surface area contributed by atoms with Gasteiger partial charge in [0, 0.05) is 30.4 Å². The molecule has 0 saturated heterocycles. The van der Waals surface area contributed by atoms with Crippen LogP contribution >= 0.6 is 0 Å². The van der Waals surface area contributed by atoms with Crippen molar-refractivity contribution >= 4 is 16.8 Å². The van der Waals surface area contributed by atoms with Crippen molar-refractivity contribution in [3.8, 4) is 0 Å². The molecule has 102 valence electrons. The molecule has 1 aromatic heterocycles. The molecule has 0 radical (unpaired) electrons. The van der Waals surface area contributed by atoms with Gasteiger partial charge in [-0.2, -0.15) is 0 Å². The van der Waals surface area contributed by atoms with Crippen LogP contribution in [-0.2, 0) is 0 Å². The number of aromatic amines is 1. The highest BCUT2D eigenvalue weighted by molar-refractivity contribution is 5.97. The third-order valence-electron chi connectivity index (χ3n) is 3.33. The molecule has 0 bridgehead atoms. The minimum Gasteiger partial charge on any atom is -0.396 e. The summed E-state index contributed by atoms with van der Waals surface area (Å²) in [5, 5.41) is 13.0. The van der Waals surface area contributed by atoms with Crippen LogP contribution in [0, 0.1) is 5.41 Å². The van der Waals surface area contributed by atoms with Gasteiger partial charge in [-0.25, -0.2) is 0 Å². The highest BCUT2D eigenvalue weighted by atomic mass is 16.3. The summed E-state index contributed by atoms with van der Waals surface area (Å²) in [6.07, 6.45) is 2.53. The molecular weight excluding hydrogens is 240 g/mol. The van der Waals surface area contributed by atoms with Crippen molar-refractivity contribution in [1.82, 2.24) is 10.3 Å². The average Bonchev–Trinajstić information content (AvgIpc) is 2.83. The third-order valence-corrected chi connectivity index (χ3v) is 3.33. The topological polar surface area (TPSA) is 65.1 Å². The minimum absolute atomic E-state index is 0.0810. The molecule has 0 aliphatic rings. The molecule has 2 aromatic rings. The van der Waals surface area contributed by atoms with Gasteiger partial charge >= 0.3 is 0 Å². The fraction of sp³-hybridized carbons (Fsp3) is 0.400. The van der Waals surface area contributed by atoms with E-state index >= 15 is 0 Å². The minimum atomic E-state index is -0.0963. The molecule has 1 heterocycles. The van der Waals surface area contributed by atoms with Crippen LogP contribution in [0.25, 0.3) is 10.9 Å². The molecule has 1 amide bonds. The van der Waals surface area contributed by atoms with Crippen LogP contribution in [0.15, 0.2) is 30.5 Å². The van der Waals surface area contributed by atoms with Gasteiger partial charge in [-0.3, -0.25) is 4.79 Å². The molecule has 0 fully saturated rings. The molecule has 0 saturated carbocycles. The zero-order chi connectivity index (χ0) is 13.9. The molecule has 0 aliphatic carbocycles. The van der Waals surface area contributed by atoms with Crippen molar-refractivity contribution in [1.29, 1.82) is 0 Å². The molecule has 4 heteroatoms. The van der Waals surface area contributed by atoms with E-state index in [2.05, 4.69) is 10.3 Å². The van der Waals surface area contributed by atoms with Crippen molar-refractivity contribution < 1.29 is 9.90 Å². The fourth-order valence-electron chi connectivity index (χ4n) is 2.00. The van der Waals surface area contributed by atoms with E-state index in [0.717, 1.165) is 10.9 Å². The maximum atomic E-state index is 12.1. The van der Waals surface area contributed by atoms with Crippen LogP contribution in [0.1, 0.15) is 30.6 Å². The Labute approximate surface area is 112 Å². The zero-order valence-corrected chi connectivity index (χ0v) is 11.4. The smallest absolute Gasteiger partial charge is 0.251 e. The number of aliphatic hydroxyl groups is 1. The van der Waals surface area contributed by atoms with Crippen molar-refractivity contribution in [3.05, 3.63) is 36.0 Å². The van der Waals surface area contributed by atoms with Crippen LogP contribution in [0.4, 0.5) is 0 Å². The Morgan fingerprint density at radius 3 is 2.89 bits per heavy atom. The first-order valence-electron chi connectivity index (χ1n) is 6.48. The highest BCUT2D eigenvalue weighted by Gasteiger charge is 2.18. The van der Waals surface area contributed by atoms with E-state index in [1.54, 1.807) is 0 Å². The molecule has 19 heavy (non-hydrogen) atoms. The predicted molar refractivity (Wildman–Crippen MR) is 76.1 cm³/mol. The maximum Gasteiger partial charge on any atom is 0.251 e. The Morgan fingerprint density at radius 2 is 2.16 bits per heavy atom. The molecule has 3 N–H and O–H groups in total. The Balaban J connectivity index is 2.03. The number of carbonyl (C=O) groups is 1. The summed E-state index contributed by atoms with van der Waals surface area (Å²) in [4.78, 5) is 15.2. The number of carbonyl (C=O) groups excluding carboxylic acids is 1. The molecule has 0 atom stereocenters. The van der Waals surface area contributed by atoms with E-state index in [1.807, 2.05) is 44.3 Å². The van der Waals surface area contributed by atoms with Crippen LogP contribution in [-0.4, -0.2) is 29.1 Å². The first kappa shape index (κ1) is 13.6. The summed E-state index contributed by atoms with van der Waals surface area (Å²) in [5.74, 6) is -0.0810. The molecule has 0 unspecified atom stereocenters. The molecule has 0 aliphatic heterocycles. The van der Waals surface area contributed by atoms with E-state index in [-0.39, 0.29) is 17.9 Å². The summed E-state index contributed by atoms with van der Waals surface area (Å²) < 4.78 is 0. The van der Waals surface area contributed by atoms with E-state index in [0.29, 0.717) is 18.5 Å². The number of nitrogens with one attached hydrogen (secondary N) is 2. The van der Waals surface area contributed by atoms with Gasteiger partial charge in [0.1, 0.15) is 0 Å². The lowest BCUT2D eigenvalue weighted by Crippen LogP contribution is -2.34. The van der Waals surface area contributed by atoms with Gasteiger partial charge in [-0.1, -0.05) is 19.9 Å². The largest absolute Gasteiger partial charge is 0.396 e. The Hall–Kier alpha value is -1.81. The molecule has 4 nitrogen and oxygen atoms in total. The van der Waals surface area contributed by atoms with Crippen molar-refractivity contribution in [2.24, 2.45) is 5.41 Å². The van der Waals surface area contributed by atoms with Gasteiger partial charge in [-0.05, 0) is 35.4 Å². The lowest BCUT2D eigenvalue weighted by Gasteiger charge is -2.23. The zero-order valence-electron chi connectivity index (χ0n) is 11.4. The second-order valence-corrected chi connectivity index (χ2v) is 5.60. The summed E-state index contributed by atoms with van der Waals surface area (Å²) in [6.45, 7) is 4.74.